The van der Waals surface area contributed by atoms with E-state index in [9.17, 15) is 4.79 Å². The summed E-state index contributed by atoms with van der Waals surface area (Å²) >= 11 is 9.18. The Morgan fingerprint density at radius 3 is 2.68 bits per heavy atom. The van der Waals surface area contributed by atoms with Crippen LogP contribution in [0.3, 0.4) is 0 Å². The van der Waals surface area contributed by atoms with Crippen molar-refractivity contribution in [2.75, 3.05) is 39.0 Å². The molecule has 0 saturated heterocycles. The maximum Gasteiger partial charge on any atom is 0.314 e. The fraction of sp³-hybridized carbons (Fsp3) is 0.385. The highest BCUT2D eigenvalue weighted by Gasteiger charge is 2.16. The molecular weight excluding hydrogens is 540 g/mol. The number of benzene rings is 1. The number of nitrogens with zero attached hydrogens (tertiary/aromatic N) is 4. The molecule has 0 fully saturated rings. The molecule has 204 valence electrons. The summed E-state index contributed by atoms with van der Waals surface area (Å²) in [6.45, 7) is 3.01. The standard InChI is InChI=1S/C26H35ClN8OS2/c1-35(15-10-22(23-5-2-3-11-30-23)19-6-8-20(27)9-7-19)14-4-12-31-25(36)32-13-16-37-17-21-18-38-26(33-21)34-24(28)29/h2-3,5-9,11,18,22H,4,10,12-17H2,1H3,(H2,31,32,36)(H4,28,29,33,34). The predicted octanol–water partition coefficient (Wildman–Crippen LogP) is 4.17. The SMILES string of the molecule is CN(CCCNC(=O)NCCSCc1csc(N=C(N)N)n1)CCC(c1ccc(Cl)cc1)c1ccccn1. The number of carbonyl (C=O) groups excluding carboxylic acids is 1. The third-order valence-electron chi connectivity index (χ3n) is 5.67. The zero-order valence-corrected chi connectivity index (χ0v) is 23.9. The third kappa shape index (κ3) is 10.9. The van der Waals surface area contributed by atoms with Crippen molar-refractivity contribution < 1.29 is 4.79 Å². The van der Waals surface area contributed by atoms with E-state index in [0.29, 0.717) is 18.2 Å². The smallest absolute Gasteiger partial charge is 0.314 e. The summed E-state index contributed by atoms with van der Waals surface area (Å²) in [4.78, 5) is 27.2. The lowest BCUT2D eigenvalue weighted by Crippen LogP contribution is -2.38. The van der Waals surface area contributed by atoms with E-state index in [2.05, 4.69) is 55.7 Å². The molecule has 3 aromatic rings. The number of aromatic nitrogens is 2. The molecule has 2 heterocycles. The number of thiazole rings is 1. The summed E-state index contributed by atoms with van der Waals surface area (Å²) in [6.07, 6.45) is 3.65. The molecule has 9 nitrogen and oxygen atoms in total. The van der Waals surface area contributed by atoms with Crippen molar-refractivity contribution in [3.05, 3.63) is 76.0 Å². The van der Waals surface area contributed by atoms with Crippen LogP contribution in [0.4, 0.5) is 9.93 Å². The summed E-state index contributed by atoms with van der Waals surface area (Å²) in [7, 11) is 2.11. The maximum absolute atomic E-state index is 12.1. The number of halogens is 1. The molecule has 2 amide bonds. The van der Waals surface area contributed by atoms with E-state index in [-0.39, 0.29) is 17.9 Å². The molecular formula is C26H35ClN8OS2. The second kappa shape index (κ2) is 16.2. The summed E-state index contributed by atoms with van der Waals surface area (Å²) in [6, 6.07) is 13.9. The van der Waals surface area contributed by atoms with Crippen LogP contribution in [0, 0.1) is 0 Å². The molecule has 12 heteroatoms. The molecule has 0 radical (unpaired) electrons. The zero-order valence-electron chi connectivity index (χ0n) is 21.5. The Balaban J connectivity index is 1.28. The van der Waals surface area contributed by atoms with Crippen LogP contribution in [0.25, 0.3) is 0 Å². The van der Waals surface area contributed by atoms with Crippen LogP contribution in [0.5, 0.6) is 0 Å². The van der Waals surface area contributed by atoms with Gasteiger partial charge in [-0.2, -0.15) is 16.8 Å². The van der Waals surface area contributed by atoms with Gasteiger partial charge in [-0.3, -0.25) is 4.98 Å². The molecule has 0 aliphatic carbocycles. The normalized spacial score (nSPS) is 11.8. The van der Waals surface area contributed by atoms with E-state index in [1.165, 1.54) is 16.9 Å². The van der Waals surface area contributed by atoms with Crippen molar-refractivity contribution in [1.29, 1.82) is 0 Å². The first kappa shape index (κ1) is 29.7. The molecule has 0 saturated carbocycles. The van der Waals surface area contributed by atoms with Gasteiger partial charge in [0.25, 0.3) is 0 Å². The molecule has 1 atom stereocenters. The number of guanidine groups is 1. The predicted molar refractivity (Wildman–Crippen MR) is 159 cm³/mol. The van der Waals surface area contributed by atoms with Gasteiger partial charge in [0.1, 0.15) is 0 Å². The lowest BCUT2D eigenvalue weighted by atomic mass is 9.92. The summed E-state index contributed by atoms with van der Waals surface area (Å²) in [5.41, 5.74) is 13.9. The molecule has 3 rings (SSSR count). The van der Waals surface area contributed by atoms with Gasteiger partial charge in [0, 0.05) is 52.8 Å². The number of nitrogens with two attached hydrogens (primary N) is 2. The Morgan fingerprint density at radius 1 is 1.16 bits per heavy atom. The quantitative estimate of drug-likeness (QED) is 0.121. The van der Waals surface area contributed by atoms with Gasteiger partial charge in [-0.1, -0.05) is 29.8 Å². The highest BCUT2D eigenvalue weighted by Crippen LogP contribution is 2.28. The second-order valence-corrected chi connectivity index (χ2v) is 11.1. The Hall–Kier alpha value is -2.86. The molecule has 1 aromatic carbocycles. The second-order valence-electron chi connectivity index (χ2n) is 8.70. The summed E-state index contributed by atoms with van der Waals surface area (Å²) < 4.78 is 0. The lowest BCUT2D eigenvalue weighted by molar-refractivity contribution is 0.240. The van der Waals surface area contributed by atoms with E-state index >= 15 is 0 Å². The van der Waals surface area contributed by atoms with Gasteiger partial charge < -0.3 is 27.0 Å². The van der Waals surface area contributed by atoms with Crippen molar-refractivity contribution in [3.63, 3.8) is 0 Å². The monoisotopic (exact) mass is 574 g/mol. The van der Waals surface area contributed by atoms with Gasteiger partial charge in [0.2, 0.25) is 5.13 Å². The maximum atomic E-state index is 12.1. The molecule has 6 N–H and O–H groups in total. The number of thioether (sulfide) groups is 1. The summed E-state index contributed by atoms with van der Waals surface area (Å²) in [5.74, 6) is 1.74. The molecule has 0 spiro atoms. The van der Waals surface area contributed by atoms with Crippen molar-refractivity contribution in [2.24, 2.45) is 16.5 Å². The number of rotatable bonds is 15. The Morgan fingerprint density at radius 2 is 1.95 bits per heavy atom. The number of aliphatic imine (C=N–C) groups is 1. The number of amides is 2. The van der Waals surface area contributed by atoms with Crippen LogP contribution in [0.2, 0.25) is 5.02 Å². The van der Waals surface area contributed by atoms with Crippen molar-refractivity contribution in [2.45, 2.75) is 24.5 Å². The highest BCUT2D eigenvalue weighted by molar-refractivity contribution is 7.98. The number of pyridine rings is 1. The van der Waals surface area contributed by atoms with E-state index in [1.54, 1.807) is 11.8 Å². The third-order valence-corrected chi connectivity index (χ3v) is 7.69. The van der Waals surface area contributed by atoms with Crippen LogP contribution < -0.4 is 22.1 Å². The van der Waals surface area contributed by atoms with E-state index in [1.807, 2.05) is 35.8 Å². The Labute approximate surface area is 237 Å². The van der Waals surface area contributed by atoms with Crippen molar-refractivity contribution in [3.8, 4) is 0 Å². The minimum Gasteiger partial charge on any atom is -0.370 e. The molecule has 1 unspecified atom stereocenters. The van der Waals surface area contributed by atoms with Crippen LogP contribution in [-0.4, -0.2) is 65.8 Å². The first-order valence-electron chi connectivity index (χ1n) is 12.4. The first-order chi connectivity index (χ1) is 18.4. The van der Waals surface area contributed by atoms with Crippen LogP contribution >= 0.6 is 34.7 Å². The first-order valence-corrected chi connectivity index (χ1v) is 14.8. The van der Waals surface area contributed by atoms with Crippen molar-refractivity contribution >= 4 is 51.8 Å². The van der Waals surface area contributed by atoms with Gasteiger partial charge in [-0.15, -0.1) is 11.3 Å². The van der Waals surface area contributed by atoms with E-state index in [4.69, 9.17) is 23.1 Å². The number of nitrogens with one attached hydrogen (secondary N) is 2. The van der Waals surface area contributed by atoms with Gasteiger partial charge in [-0.25, -0.2) is 9.78 Å². The number of carbonyl (C=O) groups is 1. The number of urea groups is 1. The largest absolute Gasteiger partial charge is 0.370 e. The zero-order chi connectivity index (χ0) is 27.2. The molecule has 0 aliphatic rings. The van der Waals surface area contributed by atoms with Gasteiger partial charge in [0.15, 0.2) is 5.96 Å². The van der Waals surface area contributed by atoms with Gasteiger partial charge >= 0.3 is 6.03 Å². The average Bonchev–Trinajstić information content (AvgIpc) is 3.34. The fourth-order valence-electron chi connectivity index (χ4n) is 3.78. The lowest BCUT2D eigenvalue weighted by Gasteiger charge is -2.22. The number of hydrogen-bond acceptors (Lipinski definition) is 7. The number of hydrogen-bond donors (Lipinski definition) is 4. The molecule has 2 aromatic heterocycles. The Bertz CT molecular complexity index is 1140. The average molecular weight is 575 g/mol. The van der Waals surface area contributed by atoms with Gasteiger partial charge in [0.05, 0.1) is 5.69 Å². The fourth-order valence-corrected chi connectivity index (χ4v) is 5.46. The van der Waals surface area contributed by atoms with Crippen LogP contribution in [0.15, 0.2) is 59.0 Å². The van der Waals surface area contributed by atoms with Gasteiger partial charge in [-0.05, 0) is 62.8 Å². The minimum atomic E-state index is -0.144. The minimum absolute atomic E-state index is 0.00353. The molecule has 0 aliphatic heterocycles. The van der Waals surface area contributed by atoms with Crippen molar-refractivity contribution in [1.82, 2.24) is 25.5 Å². The molecule has 0 bridgehead atoms. The Kier molecular flexibility index (Phi) is 12.6. The van der Waals surface area contributed by atoms with Crippen LogP contribution in [-0.2, 0) is 5.75 Å². The summed E-state index contributed by atoms with van der Waals surface area (Å²) in [5, 5.41) is 9.05. The van der Waals surface area contributed by atoms with E-state index in [0.717, 1.165) is 53.8 Å². The highest BCUT2D eigenvalue weighted by atomic mass is 35.5. The van der Waals surface area contributed by atoms with Crippen LogP contribution in [0.1, 0.15) is 35.7 Å². The van der Waals surface area contributed by atoms with E-state index < -0.39 is 0 Å². The molecule has 38 heavy (non-hydrogen) atoms. The topological polar surface area (TPSA) is 135 Å².